The minimum atomic E-state index is 0.225. The molecule has 2 nitrogen and oxygen atoms in total. The molecule has 0 radical (unpaired) electrons. The molecule has 0 N–H and O–H groups in total. The molecule has 8 heavy (non-hydrogen) atoms. The molecule has 0 saturated heterocycles. The number of rotatable bonds is 1. The van der Waals surface area contributed by atoms with Gasteiger partial charge in [-0.15, -0.1) is 0 Å². The average Bonchev–Trinajstić information content (AvgIpc) is 2.14. The Labute approximate surface area is 48.8 Å². The van der Waals surface area contributed by atoms with Gasteiger partial charge in [0.15, 0.2) is 0 Å². The molecule has 0 heterocycles. The Morgan fingerprint density at radius 1 is 1.75 bits per heavy atom. The summed E-state index contributed by atoms with van der Waals surface area (Å²) >= 11 is 0. The van der Waals surface area contributed by atoms with E-state index in [0.717, 1.165) is 12.8 Å². The van der Waals surface area contributed by atoms with Crippen molar-refractivity contribution in [1.29, 1.82) is 0 Å². The van der Waals surface area contributed by atoms with Crippen LogP contribution in [-0.4, -0.2) is 19.0 Å². The van der Waals surface area contributed by atoms with E-state index in [1.807, 2.05) is 0 Å². The summed E-state index contributed by atoms with van der Waals surface area (Å²) in [7, 11) is 1.66. The summed E-state index contributed by atoms with van der Waals surface area (Å²) in [4.78, 5) is 10.5. The summed E-state index contributed by atoms with van der Waals surface area (Å²) in [6.45, 7) is 0. The highest BCUT2D eigenvalue weighted by molar-refractivity contribution is 5.80. The lowest BCUT2D eigenvalue weighted by atomic mass is 10.3. The fourth-order valence-corrected chi connectivity index (χ4v) is 0.981. The van der Waals surface area contributed by atoms with Crippen molar-refractivity contribution in [3.05, 3.63) is 0 Å². The maximum atomic E-state index is 10.5. The fourth-order valence-electron chi connectivity index (χ4n) is 0.981. The third-order valence-electron chi connectivity index (χ3n) is 1.53. The molecular weight excluding hydrogens is 104 g/mol. The molecule has 1 aliphatic carbocycles. The van der Waals surface area contributed by atoms with E-state index in [1.54, 1.807) is 7.11 Å². The van der Waals surface area contributed by atoms with E-state index < -0.39 is 0 Å². The summed E-state index contributed by atoms with van der Waals surface area (Å²) in [5.41, 5.74) is 0. The number of methoxy groups -OCH3 is 1. The van der Waals surface area contributed by atoms with E-state index in [4.69, 9.17) is 4.74 Å². The van der Waals surface area contributed by atoms with Crippen LogP contribution >= 0.6 is 0 Å². The van der Waals surface area contributed by atoms with Gasteiger partial charge in [-0.1, -0.05) is 0 Å². The minimum absolute atomic E-state index is 0.225. The smallest absolute Gasteiger partial charge is 0.135 e. The average molecular weight is 114 g/mol. The first-order valence-corrected chi connectivity index (χ1v) is 2.87. The molecule has 0 aromatic heterocycles. The van der Waals surface area contributed by atoms with Crippen LogP contribution < -0.4 is 0 Å². The van der Waals surface area contributed by atoms with Crippen LogP contribution in [0.3, 0.4) is 0 Å². The molecule has 0 amide bonds. The topological polar surface area (TPSA) is 26.3 Å². The second-order valence-electron chi connectivity index (χ2n) is 2.14. The van der Waals surface area contributed by atoms with Crippen LogP contribution in [0.15, 0.2) is 0 Å². The van der Waals surface area contributed by atoms with E-state index in [1.165, 1.54) is 0 Å². The predicted octanol–water partition coefficient (Wildman–Crippen LogP) is 0.754. The van der Waals surface area contributed by atoms with Crippen LogP contribution in [0, 0.1) is 0 Å². The van der Waals surface area contributed by atoms with Gasteiger partial charge in [0.1, 0.15) is 5.78 Å². The number of carbonyl (C=O) groups excluding carboxylic acids is 1. The van der Waals surface area contributed by atoms with Gasteiger partial charge in [0, 0.05) is 20.0 Å². The zero-order chi connectivity index (χ0) is 5.98. The Kier molecular flexibility index (Phi) is 1.63. The number of ether oxygens (including phenoxy) is 1. The van der Waals surface area contributed by atoms with Gasteiger partial charge in [0.2, 0.25) is 0 Å². The molecule has 46 valence electrons. The summed E-state index contributed by atoms with van der Waals surface area (Å²) < 4.78 is 4.96. The first-order valence-electron chi connectivity index (χ1n) is 2.87. The molecule has 1 rings (SSSR count). The molecule has 0 aromatic carbocycles. The Bertz CT molecular complexity index is 98.7. The molecule has 1 aliphatic rings. The summed E-state index contributed by atoms with van der Waals surface area (Å²) in [5, 5.41) is 0. The van der Waals surface area contributed by atoms with Gasteiger partial charge in [-0.25, -0.2) is 0 Å². The normalized spacial score (nSPS) is 29.1. The van der Waals surface area contributed by atoms with Crippen molar-refractivity contribution < 1.29 is 9.53 Å². The van der Waals surface area contributed by atoms with Crippen LogP contribution in [-0.2, 0) is 9.53 Å². The minimum Gasteiger partial charge on any atom is -0.381 e. The van der Waals surface area contributed by atoms with Gasteiger partial charge in [-0.05, 0) is 6.42 Å². The highest BCUT2D eigenvalue weighted by Crippen LogP contribution is 2.16. The molecule has 1 fully saturated rings. The second kappa shape index (κ2) is 2.27. The quantitative estimate of drug-likeness (QED) is 0.503. The number of carbonyl (C=O) groups is 1. The van der Waals surface area contributed by atoms with Crippen molar-refractivity contribution in [1.82, 2.24) is 0 Å². The van der Waals surface area contributed by atoms with E-state index in [2.05, 4.69) is 0 Å². The summed E-state index contributed by atoms with van der Waals surface area (Å²) in [5.74, 6) is 0.344. The zero-order valence-electron chi connectivity index (χ0n) is 5.02. The van der Waals surface area contributed by atoms with Crippen molar-refractivity contribution in [3.8, 4) is 0 Å². The maximum Gasteiger partial charge on any atom is 0.135 e. The predicted molar refractivity (Wildman–Crippen MR) is 29.7 cm³/mol. The molecule has 0 aromatic rings. The lowest BCUT2D eigenvalue weighted by Crippen LogP contribution is -2.03. The van der Waals surface area contributed by atoms with Gasteiger partial charge in [0.05, 0.1) is 6.10 Å². The fraction of sp³-hybridized carbons (Fsp3) is 0.833. The van der Waals surface area contributed by atoms with Crippen LogP contribution in [0.4, 0.5) is 0 Å². The molecule has 0 bridgehead atoms. The summed E-state index contributed by atoms with van der Waals surface area (Å²) in [6, 6.07) is 0. The number of ketones is 1. The van der Waals surface area contributed by atoms with Crippen molar-refractivity contribution >= 4 is 5.78 Å². The standard InChI is InChI=1S/C6H10O2/c1-8-6-3-2-5(7)4-6/h6H,2-4H2,1H3/t6-/m0/s1. The van der Waals surface area contributed by atoms with Crippen LogP contribution in [0.5, 0.6) is 0 Å². The van der Waals surface area contributed by atoms with Crippen molar-refractivity contribution in [2.45, 2.75) is 25.4 Å². The van der Waals surface area contributed by atoms with Crippen LogP contribution in [0.1, 0.15) is 19.3 Å². The number of hydrogen-bond acceptors (Lipinski definition) is 2. The van der Waals surface area contributed by atoms with Gasteiger partial charge < -0.3 is 4.74 Å². The first kappa shape index (κ1) is 5.76. The van der Waals surface area contributed by atoms with Crippen molar-refractivity contribution in [2.75, 3.05) is 7.11 Å². The van der Waals surface area contributed by atoms with Crippen LogP contribution in [0.2, 0.25) is 0 Å². The van der Waals surface area contributed by atoms with Gasteiger partial charge >= 0.3 is 0 Å². The highest BCUT2D eigenvalue weighted by Gasteiger charge is 2.20. The molecule has 1 atom stereocenters. The highest BCUT2D eigenvalue weighted by atomic mass is 16.5. The number of hydrogen-bond donors (Lipinski definition) is 0. The van der Waals surface area contributed by atoms with E-state index >= 15 is 0 Å². The third kappa shape index (κ3) is 1.07. The maximum absolute atomic E-state index is 10.5. The zero-order valence-corrected chi connectivity index (χ0v) is 5.02. The van der Waals surface area contributed by atoms with Gasteiger partial charge in [-0.2, -0.15) is 0 Å². The SMILES string of the molecule is CO[C@H]1CCC(=O)C1. The Balaban J connectivity index is 2.32. The number of Topliss-reactive ketones (excluding diaryl/α,β-unsaturated/α-hetero) is 1. The molecule has 0 unspecified atom stereocenters. The lowest BCUT2D eigenvalue weighted by molar-refractivity contribution is -0.118. The monoisotopic (exact) mass is 114 g/mol. The molecule has 2 heteroatoms. The molecular formula is C6H10O2. The van der Waals surface area contributed by atoms with Gasteiger partial charge in [0.25, 0.3) is 0 Å². The molecule has 1 saturated carbocycles. The Morgan fingerprint density at radius 3 is 2.75 bits per heavy atom. The van der Waals surface area contributed by atoms with Gasteiger partial charge in [-0.3, -0.25) is 4.79 Å². The molecule has 0 spiro atoms. The molecule has 0 aliphatic heterocycles. The van der Waals surface area contributed by atoms with E-state index in [9.17, 15) is 4.79 Å². The van der Waals surface area contributed by atoms with E-state index in [0.29, 0.717) is 12.2 Å². The van der Waals surface area contributed by atoms with E-state index in [-0.39, 0.29) is 6.10 Å². The summed E-state index contributed by atoms with van der Waals surface area (Å²) in [6.07, 6.45) is 2.51. The second-order valence-corrected chi connectivity index (χ2v) is 2.14. The largest absolute Gasteiger partial charge is 0.381 e. The Morgan fingerprint density at radius 2 is 2.50 bits per heavy atom. The lowest BCUT2D eigenvalue weighted by Gasteiger charge is -2.01. The first-order chi connectivity index (χ1) is 3.83. The van der Waals surface area contributed by atoms with Crippen molar-refractivity contribution in [2.24, 2.45) is 0 Å². The van der Waals surface area contributed by atoms with Crippen molar-refractivity contribution in [3.63, 3.8) is 0 Å². The Hall–Kier alpha value is -0.370. The van der Waals surface area contributed by atoms with Crippen LogP contribution in [0.25, 0.3) is 0 Å². The third-order valence-corrected chi connectivity index (χ3v) is 1.53.